The Morgan fingerprint density at radius 1 is 1.16 bits per heavy atom. The van der Waals surface area contributed by atoms with Crippen LogP contribution in [-0.4, -0.2) is 25.3 Å². The molecule has 0 saturated carbocycles. The molecule has 0 fully saturated rings. The molecule has 0 radical (unpaired) electrons. The first kappa shape index (κ1) is 18.4. The van der Waals surface area contributed by atoms with Gasteiger partial charge in [-0.05, 0) is 44.2 Å². The molecule has 2 aromatic carbocycles. The van der Waals surface area contributed by atoms with E-state index in [4.69, 9.17) is 9.47 Å². The van der Waals surface area contributed by atoms with E-state index >= 15 is 0 Å². The predicted octanol–water partition coefficient (Wildman–Crippen LogP) is 3.52. The van der Waals surface area contributed by atoms with Gasteiger partial charge < -0.3 is 9.47 Å². The lowest BCUT2D eigenvalue weighted by Gasteiger charge is -2.14. The fourth-order valence-corrected chi connectivity index (χ4v) is 1.99. The van der Waals surface area contributed by atoms with E-state index in [1.807, 2.05) is 13.8 Å². The normalized spacial score (nSPS) is 11.0. The van der Waals surface area contributed by atoms with Gasteiger partial charge in [0, 0.05) is 17.2 Å². The van der Waals surface area contributed by atoms with Crippen LogP contribution in [-0.2, 0) is 0 Å². The van der Waals surface area contributed by atoms with E-state index < -0.39 is 17.5 Å². The Bertz CT molecular complexity index is 792. The van der Waals surface area contributed by atoms with Crippen molar-refractivity contribution in [3.05, 3.63) is 59.2 Å². The van der Waals surface area contributed by atoms with Crippen LogP contribution in [0.1, 0.15) is 29.8 Å². The third kappa shape index (κ3) is 5.00. The van der Waals surface area contributed by atoms with Crippen LogP contribution < -0.4 is 14.9 Å². The molecule has 0 aromatic heterocycles. The highest BCUT2D eigenvalue weighted by Gasteiger charge is 2.12. The number of hydrazone groups is 1. The van der Waals surface area contributed by atoms with E-state index in [2.05, 4.69) is 10.5 Å². The van der Waals surface area contributed by atoms with Crippen molar-refractivity contribution in [1.82, 2.24) is 5.43 Å². The van der Waals surface area contributed by atoms with E-state index in [1.54, 1.807) is 12.1 Å². The summed E-state index contributed by atoms with van der Waals surface area (Å²) >= 11 is 0. The molecule has 132 valence electrons. The van der Waals surface area contributed by atoms with Crippen LogP contribution in [0.2, 0.25) is 0 Å². The topological polar surface area (TPSA) is 59.9 Å². The molecule has 25 heavy (non-hydrogen) atoms. The van der Waals surface area contributed by atoms with Crippen LogP contribution >= 0.6 is 0 Å². The third-order valence-electron chi connectivity index (χ3n) is 3.12. The van der Waals surface area contributed by atoms with Crippen LogP contribution in [0.3, 0.4) is 0 Å². The van der Waals surface area contributed by atoms with Gasteiger partial charge in [-0.15, -0.1) is 0 Å². The van der Waals surface area contributed by atoms with Crippen LogP contribution in [0.5, 0.6) is 11.5 Å². The molecule has 1 amide bonds. The minimum absolute atomic E-state index is 0.0382. The quantitative estimate of drug-likeness (QED) is 0.642. The summed E-state index contributed by atoms with van der Waals surface area (Å²) < 4.78 is 37.1. The zero-order valence-electron chi connectivity index (χ0n) is 14.0. The molecule has 1 N–H and O–H groups in total. The van der Waals surface area contributed by atoms with Gasteiger partial charge in [-0.2, -0.15) is 5.10 Å². The monoisotopic (exact) mass is 348 g/mol. The van der Waals surface area contributed by atoms with Crippen molar-refractivity contribution in [2.75, 3.05) is 7.11 Å². The molecular formula is C18H18F2N2O3. The van der Waals surface area contributed by atoms with Crippen LogP contribution in [0.15, 0.2) is 41.5 Å². The number of methoxy groups -OCH3 is 1. The van der Waals surface area contributed by atoms with Gasteiger partial charge in [0.05, 0.1) is 19.4 Å². The molecule has 0 spiro atoms. The van der Waals surface area contributed by atoms with E-state index in [0.717, 1.165) is 18.3 Å². The lowest BCUT2D eigenvalue weighted by atomic mass is 10.2. The lowest BCUT2D eigenvalue weighted by Crippen LogP contribution is -2.18. The van der Waals surface area contributed by atoms with E-state index in [-0.39, 0.29) is 11.7 Å². The minimum atomic E-state index is -0.769. The standard InChI is InChI=1S/C18H18F2N2O3/c1-11(2)25-16-7-5-12(8-17(16)24-3)18(23)22-21-10-13-4-6-14(19)9-15(13)20/h4-11H,1-3H3,(H,22,23)/b21-10-. The number of ether oxygens (including phenoxy) is 2. The lowest BCUT2D eigenvalue weighted by molar-refractivity contribution is 0.0954. The highest BCUT2D eigenvalue weighted by atomic mass is 19.1. The Kier molecular flexibility index (Phi) is 6.05. The summed E-state index contributed by atoms with van der Waals surface area (Å²) in [5.41, 5.74) is 2.63. The second-order valence-electron chi connectivity index (χ2n) is 5.40. The van der Waals surface area contributed by atoms with Crippen molar-refractivity contribution < 1.29 is 23.0 Å². The molecule has 2 rings (SSSR count). The summed E-state index contributed by atoms with van der Waals surface area (Å²) in [7, 11) is 1.47. The highest BCUT2D eigenvalue weighted by molar-refractivity contribution is 5.95. The smallest absolute Gasteiger partial charge is 0.271 e. The largest absolute Gasteiger partial charge is 0.493 e. The number of halogens is 2. The van der Waals surface area contributed by atoms with Crippen LogP contribution in [0.25, 0.3) is 0 Å². The number of amides is 1. The Labute approximate surface area is 144 Å². The average molecular weight is 348 g/mol. The number of benzene rings is 2. The number of carbonyl (C=O) groups excluding carboxylic acids is 1. The van der Waals surface area contributed by atoms with Gasteiger partial charge in [0.15, 0.2) is 11.5 Å². The highest BCUT2D eigenvalue weighted by Crippen LogP contribution is 2.28. The summed E-state index contributed by atoms with van der Waals surface area (Å²) in [4.78, 5) is 12.1. The van der Waals surface area contributed by atoms with Crippen molar-refractivity contribution in [1.29, 1.82) is 0 Å². The summed E-state index contributed by atoms with van der Waals surface area (Å²) in [6.45, 7) is 3.76. The fraction of sp³-hybridized carbons (Fsp3) is 0.222. The number of nitrogens with zero attached hydrogens (tertiary/aromatic N) is 1. The molecule has 0 unspecified atom stereocenters. The first-order valence-electron chi connectivity index (χ1n) is 7.54. The first-order valence-corrected chi connectivity index (χ1v) is 7.54. The van der Waals surface area contributed by atoms with Crippen molar-refractivity contribution in [3.63, 3.8) is 0 Å². The average Bonchev–Trinajstić information content (AvgIpc) is 2.56. The Morgan fingerprint density at radius 3 is 2.56 bits per heavy atom. The Balaban J connectivity index is 2.08. The van der Waals surface area contributed by atoms with E-state index in [0.29, 0.717) is 17.1 Å². The minimum Gasteiger partial charge on any atom is -0.493 e. The summed E-state index contributed by atoms with van der Waals surface area (Å²) in [6, 6.07) is 7.76. The van der Waals surface area contributed by atoms with E-state index in [1.165, 1.54) is 19.2 Å². The third-order valence-corrected chi connectivity index (χ3v) is 3.12. The first-order chi connectivity index (χ1) is 11.9. The number of hydrogen-bond donors (Lipinski definition) is 1. The molecule has 0 aliphatic heterocycles. The maximum atomic E-state index is 13.5. The van der Waals surface area contributed by atoms with Crippen molar-refractivity contribution in [2.45, 2.75) is 20.0 Å². The Hall–Kier alpha value is -2.96. The van der Waals surface area contributed by atoms with Crippen LogP contribution in [0.4, 0.5) is 8.78 Å². The molecule has 0 saturated heterocycles. The fourth-order valence-electron chi connectivity index (χ4n) is 1.99. The summed E-state index contributed by atoms with van der Waals surface area (Å²) in [5, 5.41) is 3.68. The van der Waals surface area contributed by atoms with Gasteiger partial charge >= 0.3 is 0 Å². The van der Waals surface area contributed by atoms with Gasteiger partial charge in [0.1, 0.15) is 11.6 Å². The van der Waals surface area contributed by atoms with Crippen LogP contribution in [0, 0.1) is 11.6 Å². The summed E-state index contributed by atoms with van der Waals surface area (Å²) in [6.07, 6.45) is 1.06. The molecule has 0 aliphatic rings. The number of rotatable bonds is 6. The zero-order valence-corrected chi connectivity index (χ0v) is 14.0. The van der Waals surface area contributed by atoms with Gasteiger partial charge in [0.2, 0.25) is 0 Å². The van der Waals surface area contributed by atoms with Crippen molar-refractivity contribution >= 4 is 12.1 Å². The zero-order chi connectivity index (χ0) is 18.4. The molecule has 0 bridgehead atoms. The number of carbonyl (C=O) groups is 1. The van der Waals surface area contributed by atoms with Gasteiger partial charge in [-0.3, -0.25) is 4.79 Å². The van der Waals surface area contributed by atoms with Gasteiger partial charge in [-0.1, -0.05) is 0 Å². The Morgan fingerprint density at radius 2 is 1.92 bits per heavy atom. The van der Waals surface area contributed by atoms with Gasteiger partial charge in [0.25, 0.3) is 5.91 Å². The molecule has 2 aromatic rings. The molecular weight excluding hydrogens is 330 g/mol. The van der Waals surface area contributed by atoms with Crippen molar-refractivity contribution in [3.8, 4) is 11.5 Å². The molecule has 7 heteroatoms. The number of hydrogen-bond acceptors (Lipinski definition) is 4. The van der Waals surface area contributed by atoms with Gasteiger partial charge in [-0.25, -0.2) is 14.2 Å². The maximum Gasteiger partial charge on any atom is 0.271 e. The van der Waals surface area contributed by atoms with E-state index in [9.17, 15) is 13.6 Å². The predicted molar refractivity (Wildman–Crippen MR) is 90.2 cm³/mol. The van der Waals surface area contributed by atoms with Crippen molar-refractivity contribution in [2.24, 2.45) is 5.10 Å². The SMILES string of the molecule is COc1cc(C(=O)N/N=C\c2ccc(F)cc2F)ccc1OC(C)C. The molecule has 0 aliphatic carbocycles. The summed E-state index contributed by atoms with van der Waals surface area (Å²) in [5.74, 6) is -1.03. The molecule has 0 heterocycles. The molecule has 0 atom stereocenters. The second-order valence-corrected chi connectivity index (χ2v) is 5.40. The maximum absolute atomic E-state index is 13.5. The molecule has 5 nitrogen and oxygen atoms in total. The number of nitrogens with one attached hydrogen (secondary N) is 1. The second kappa shape index (κ2) is 8.23.